The van der Waals surface area contributed by atoms with Gasteiger partial charge in [0.2, 0.25) is 0 Å². The van der Waals surface area contributed by atoms with E-state index in [0.717, 1.165) is 0 Å². The van der Waals surface area contributed by atoms with Crippen molar-refractivity contribution >= 4 is 12.4 Å². The van der Waals surface area contributed by atoms with E-state index in [1.54, 1.807) is 18.9 Å². The van der Waals surface area contributed by atoms with Gasteiger partial charge in [0.15, 0.2) is 0 Å². The second-order valence-electron chi connectivity index (χ2n) is 7.62. The summed E-state index contributed by atoms with van der Waals surface area (Å²) in [6.45, 7) is 14.1. The summed E-state index contributed by atoms with van der Waals surface area (Å²) in [4.78, 5) is 0. The Labute approximate surface area is 139 Å². The van der Waals surface area contributed by atoms with Crippen LogP contribution in [0.2, 0.25) is 0 Å². The summed E-state index contributed by atoms with van der Waals surface area (Å²) in [6.07, 6.45) is 11.9. The first-order valence-electron chi connectivity index (χ1n) is 7.27. The van der Waals surface area contributed by atoms with Crippen LogP contribution in [0.5, 0.6) is 0 Å². The summed E-state index contributed by atoms with van der Waals surface area (Å²) in [6, 6.07) is 0. The molecule has 2 rings (SSSR count). The van der Waals surface area contributed by atoms with Crippen LogP contribution >= 0.6 is 12.4 Å². The van der Waals surface area contributed by atoms with Crippen molar-refractivity contribution in [1.29, 1.82) is 0 Å². The quantitative estimate of drug-likeness (QED) is 0.545. The fraction of sp³-hybridized carbons (Fsp3) is 0.556. The van der Waals surface area contributed by atoms with Crippen LogP contribution in [0.1, 0.15) is 54.4 Å². The molecule has 110 valence electrons. The van der Waals surface area contributed by atoms with Crippen molar-refractivity contribution < 1.29 is 19.2 Å². The van der Waals surface area contributed by atoms with Gasteiger partial charge in [0.25, 0.3) is 0 Å². The van der Waals surface area contributed by atoms with Gasteiger partial charge < -0.3 is 0 Å². The molecule has 0 amide bonds. The van der Waals surface area contributed by atoms with Gasteiger partial charge in [-0.3, -0.25) is 0 Å². The minimum atomic E-state index is -0.114. The maximum atomic E-state index is 2.37. The largest absolute Gasteiger partial charge is 0.147 e. The van der Waals surface area contributed by atoms with E-state index < -0.39 is 0 Å². The topological polar surface area (TPSA) is 0 Å². The number of hydrogen-bond acceptors (Lipinski definition) is 0. The third-order valence-corrected chi connectivity index (χ3v) is 6.20. The molecule has 0 aromatic heterocycles. The average Bonchev–Trinajstić information content (AvgIpc) is 2.83. The van der Waals surface area contributed by atoms with E-state index in [0.29, 0.717) is 10.8 Å². The van der Waals surface area contributed by atoms with Gasteiger partial charge in [0.1, 0.15) is 0 Å². The molecule has 0 radical (unpaired) electrons. The van der Waals surface area contributed by atoms with E-state index in [2.05, 4.69) is 65.8 Å². The fourth-order valence-corrected chi connectivity index (χ4v) is 5.94. The zero-order chi connectivity index (χ0) is 14.3. The van der Waals surface area contributed by atoms with Crippen LogP contribution in [0, 0.1) is 10.8 Å². The normalized spacial score (nSPS) is 18.9. The smallest absolute Gasteiger partial charge is 0.147 e. The van der Waals surface area contributed by atoms with E-state index in [9.17, 15) is 0 Å². The second kappa shape index (κ2) is 6.38. The van der Waals surface area contributed by atoms with Gasteiger partial charge in [0, 0.05) is 0 Å². The first kappa shape index (κ1) is 18.0. The molecule has 2 heteroatoms. The fourth-order valence-electron chi connectivity index (χ4n) is 2.83. The van der Waals surface area contributed by atoms with Gasteiger partial charge in [-0.15, -0.1) is 12.4 Å². The van der Waals surface area contributed by atoms with Crippen LogP contribution in [-0.4, -0.2) is 0 Å². The molecule has 0 saturated carbocycles. The van der Waals surface area contributed by atoms with Crippen molar-refractivity contribution in [3.05, 3.63) is 43.2 Å². The summed E-state index contributed by atoms with van der Waals surface area (Å²) >= 11 is -0.114. The molecule has 0 nitrogen and oxygen atoms in total. The predicted octanol–water partition coefficient (Wildman–Crippen LogP) is 6.01. The Kier molecular flexibility index (Phi) is 5.75. The summed E-state index contributed by atoms with van der Waals surface area (Å²) in [7, 11) is 0. The minimum absolute atomic E-state index is 0. The van der Waals surface area contributed by atoms with Crippen LogP contribution in [-0.2, 0) is 19.2 Å². The number of halogens is 1. The third kappa shape index (κ3) is 4.00. The molecule has 0 spiro atoms. The predicted molar refractivity (Wildman–Crippen MR) is 87.7 cm³/mol. The van der Waals surface area contributed by atoms with E-state index >= 15 is 0 Å². The molecule has 2 aliphatic rings. The van der Waals surface area contributed by atoms with Gasteiger partial charge in [-0.2, -0.15) is 0 Å². The Morgan fingerprint density at radius 3 is 1.40 bits per heavy atom. The molecule has 0 bridgehead atoms. The molecule has 0 N–H and O–H groups in total. The molecular formula is C18H27ClTi. The summed E-state index contributed by atoms with van der Waals surface area (Å²) in [5, 5.41) is 0. The monoisotopic (exact) mass is 326 g/mol. The summed E-state index contributed by atoms with van der Waals surface area (Å²) < 4.78 is 3.51. The Hall–Kier alpha value is -0.0357. The Morgan fingerprint density at radius 1 is 0.750 bits per heavy atom. The summed E-state index contributed by atoms with van der Waals surface area (Å²) in [5.41, 5.74) is 3.83. The average molecular weight is 327 g/mol. The van der Waals surface area contributed by atoms with E-state index in [1.807, 2.05) is 0 Å². The van der Waals surface area contributed by atoms with E-state index in [1.165, 1.54) is 12.8 Å². The molecule has 0 fully saturated rings. The van der Waals surface area contributed by atoms with Crippen LogP contribution in [0.15, 0.2) is 43.2 Å². The summed E-state index contributed by atoms with van der Waals surface area (Å²) in [5.74, 6) is 0. The molecule has 0 saturated heterocycles. The molecule has 0 unspecified atom stereocenters. The van der Waals surface area contributed by atoms with Crippen molar-refractivity contribution in [2.45, 2.75) is 54.4 Å². The Bertz CT molecular complexity index is 444. The number of hydrogen-bond donors (Lipinski definition) is 0. The van der Waals surface area contributed by atoms with Crippen molar-refractivity contribution in [2.24, 2.45) is 10.8 Å². The van der Waals surface area contributed by atoms with Gasteiger partial charge in [-0.25, -0.2) is 0 Å². The molecule has 0 atom stereocenters. The Balaban J connectivity index is 0.00000200. The van der Waals surface area contributed by atoms with E-state index in [-0.39, 0.29) is 31.6 Å². The maximum absolute atomic E-state index is 2.37. The van der Waals surface area contributed by atoms with Crippen molar-refractivity contribution in [3.8, 4) is 0 Å². The molecule has 2 aliphatic carbocycles. The molecular weight excluding hydrogens is 300 g/mol. The van der Waals surface area contributed by atoms with Crippen molar-refractivity contribution in [3.63, 3.8) is 0 Å². The molecule has 0 heterocycles. The van der Waals surface area contributed by atoms with Crippen LogP contribution in [0.25, 0.3) is 0 Å². The third-order valence-electron chi connectivity index (χ3n) is 3.78. The Morgan fingerprint density at radius 2 is 1.10 bits per heavy atom. The van der Waals surface area contributed by atoms with Gasteiger partial charge in [-0.05, 0) is 0 Å². The van der Waals surface area contributed by atoms with E-state index in [4.69, 9.17) is 0 Å². The van der Waals surface area contributed by atoms with Gasteiger partial charge in [0.05, 0.1) is 0 Å². The second-order valence-corrected chi connectivity index (χ2v) is 9.90. The molecule has 0 aliphatic heterocycles. The van der Waals surface area contributed by atoms with Crippen LogP contribution in [0.3, 0.4) is 0 Å². The van der Waals surface area contributed by atoms with Crippen LogP contribution in [0.4, 0.5) is 0 Å². The number of rotatable bonds is 2. The first-order chi connectivity index (χ1) is 8.69. The standard InChI is InChI=1S/2C9H13.ClH.Ti/c2*1-9(2,3)8-6-4-5-7-8;;/h2*4,6H,5H2,1-3H3;1H;. The van der Waals surface area contributed by atoms with Gasteiger partial charge in [-0.1, -0.05) is 0 Å². The maximum Gasteiger partial charge on any atom is -0.147 e. The molecule has 20 heavy (non-hydrogen) atoms. The zero-order valence-electron chi connectivity index (χ0n) is 13.6. The van der Waals surface area contributed by atoms with Crippen molar-refractivity contribution in [2.75, 3.05) is 0 Å². The molecule has 0 aromatic rings. The first-order valence-corrected chi connectivity index (χ1v) is 8.83. The van der Waals surface area contributed by atoms with Gasteiger partial charge >= 0.3 is 128 Å². The van der Waals surface area contributed by atoms with Crippen LogP contribution < -0.4 is 0 Å². The molecule has 0 aromatic carbocycles. The van der Waals surface area contributed by atoms with Crippen molar-refractivity contribution in [1.82, 2.24) is 0 Å². The minimum Gasteiger partial charge on any atom is -0.147 e. The zero-order valence-corrected chi connectivity index (χ0v) is 16.0. The number of allylic oxidation sites excluding steroid dienone is 8. The SMILES string of the molecule is CC(C)(C)C1=[C]([Ti][C]2=C(C(C)(C)C)C=CC2)CC=C1.Cl.